The van der Waals surface area contributed by atoms with E-state index in [2.05, 4.69) is 10.3 Å². The van der Waals surface area contributed by atoms with Gasteiger partial charge in [0.05, 0.1) is 31.2 Å². The molecule has 0 saturated heterocycles. The first-order valence-electron chi connectivity index (χ1n) is 4.85. The van der Waals surface area contributed by atoms with Crippen molar-refractivity contribution in [3.05, 3.63) is 11.9 Å². The van der Waals surface area contributed by atoms with Gasteiger partial charge in [-0.05, 0) is 0 Å². The first-order valence-corrected chi connectivity index (χ1v) is 4.85. The summed E-state index contributed by atoms with van der Waals surface area (Å²) >= 11 is 0. The number of rotatable bonds is 7. The number of aromatic nitrogens is 3. The quantitative estimate of drug-likeness (QED) is 0.643. The molecule has 0 amide bonds. The van der Waals surface area contributed by atoms with Gasteiger partial charge in [-0.3, -0.25) is 0 Å². The van der Waals surface area contributed by atoms with E-state index in [0.717, 1.165) is 0 Å². The lowest BCUT2D eigenvalue weighted by atomic mass is 10.2. The Morgan fingerprint density at radius 1 is 1.47 bits per heavy atom. The molecule has 1 aromatic heterocycles. The average Bonchev–Trinajstić information content (AvgIpc) is 2.64. The monoisotopic (exact) mass is 215 g/mol. The number of ether oxygens (including phenoxy) is 2. The summed E-state index contributed by atoms with van der Waals surface area (Å²) in [6.45, 7) is 1.62. The van der Waals surface area contributed by atoms with Crippen LogP contribution in [0.4, 0.5) is 0 Å². The van der Waals surface area contributed by atoms with E-state index >= 15 is 0 Å². The van der Waals surface area contributed by atoms with Gasteiger partial charge in [0.15, 0.2) is 0 Å². The zero-order valence-electron chi connectivity index (χ0n) is 9.09. The lowest BCUT2D eigenvalue weighted by Crippen LogP contribution is -2.10. The van der Waals surface area contributed by atoms with Gasteiger partial charge in [-0.15, -0.1) is 5.10 Å². The van der Waals surface area contributed by atoms with Gasteiger partial charge in [0, 0.05) is 27.2 Å². The van der Waals surface area contributed by atoms with Crippen molar-refractivity contribution in [1.29, 1.82) is 0 Å². The van der Waals surface area contributed by atoms with Gasteiger partial charge in [-0.2, -0.15) is 0 Å². The number of methoxy groups -OCH3 is 1. The number of aliphatic hydroxyl groups excluding tert-OH is 1. The van der Waals surface area contributed by atoms with E-state index in [9.17, 15) is 5.11 Å². The fourth-order valence-electron chi connectivity index (χ4n) is 1.19. The smallest absolute Gasteiger partial charge is 0.0994 e. The zero-order valence-corrected chi connectivity index (χ0v) is 9.09. The van der Waals surface area contributed by atoms with Crippen molar-refractivity contribution in [2.45, 2.75) is 12.5 Å². The molecular weight excluding hydrogens is 198 g/mol. The lowest BCUT2D eigenvalue weighted by molar-refractivity contribution is 0.0459. The van der Waals surface area contributed by atoms with Crippen LogP contribution in [0.2, 0.25) is 0 Å². The van der Waals surface area contributed by atoms with E-state index in [0.29, 0.717) is 31.9 Å². The van der Waals surface area contributed by atoms with Crippen LogP contribution >= 0.6 is 0 Å². The van der Waals surface area contributed by atoms with E-state index in [-0.39, 0.29) is 0 Å². The minimum atomic E-state index is -0.576. The third kappa shape index (κ3) is 3.94. The second-order valence-corrected chi connectivity index (χ2v) is 3.19. The van der Waals surface area contributed by atoms with Gasteiger partial charge in [0.2, 0.25) is 0 Å². The van der Waals surface area contributed by atoms with Gasteiger partial charge in [-0.25, -0.2) is 4.68 Å². The summed E-state index contributed by atoms with van der Waals surface area (Å²) in [5.41, 5.74) is 0.699. The molecular formula is C9H17N3O3. The fraction of sp³-hybridized carbons (Fsp3) is 0.778. The highest BCUT2D eigenvalue weighted by atomic mass is 16.5. The Balaban J connectivity index is 2.19. The molecule has 1 atom stereocenters. The van der Waals surface area contributed by atoms with Crippen molar-refractivity contribution in [3.63, 3.8) is 0 Å². The summed E-state index contributed by atoms with van der Waals surface area (Å²) in [6.07, 6.45) is 1.51. The molecule has 1 unspecified atom stereocenters. The summed E-state index contributed by atoms with van der Waals surface area (Å²) in [4.78, 5) is 0. The molecule has 0 aromatic carbocycles. The van der Waals surface area contributed by atoms with Crippen LogP contribution < -0.4 is 0 Å². The molecule has 0 saturated carbocycles. The molecule has 1 rings (SSSR count). The van der Waals surface area contributed by atoms with Crippen LogP contribution in [0, 0.1) is 0 Å². The second kappa shape index (κ2) is 6.49. The normalized spacial score (nSPS) is 13.0. The summed E-state index contributed by atoms with van der Waals surface area (Å²) in [7, 11) is 3.37. The molecule has 6 nitrogen and oxygen atoms in total. The Morgan fingerprint density at radius 3 is 2.87 bits per heavy atom. The van der Waals surface area contributed by atoms with Crippen molar-refractivity contribution < 1.29 is 14.6 Å². The largest absolute Gasteiger partial charge is 0.387 e. The number of nitrogens with zero attached hydrogens (tertiary/aromatic N) is 3. The van der Waals surface area contributed by atoms with Crippen LogP contribution in [0.1, 0.15) is 18.2 Å². The highest BCUT2D eigenvalue weighted by Crippen LogP contribution is 2.13. The van der Waals surface area contributed by atoms with Crippen molar-refractivity contribution >= 4 is 0 Å². The maximum atomic E-state index is 9.73. The van der Waals surface area contributed by atoms with Crippen LogP contribution in [-0.2, 0) is 16.5 Å². The summed E-state index contributed by atoms with van der Waals surface area (Å²) < 4.78 is 11.6. The molecule has 0 fully saturated rings. The van der Waals surface area contributed by atoms with Gasteiger partial charge in [-0.1, -0.05) is 5.21 Å². The zero-order chi connectivity index (χ0) is 11.1. The third-order valence-corrected chi connectivity index (χ3v) is 2.06. The Hall–Kier alpha value is -0.980. The molecule has 1 N–H and O–H groups in total. The average molecular weight is 215 g/mol. The Kier molecular flexibility index (Phi) is 5.23. The molecule has 0 spiro atoms. The number of aliphatic hydroxyl groups is 1. The summed E-state index contributed by atoms with van der Waals surface area (Å²) in [5, 5.41) is 17.2. The predicted molar refractivity (Wildman–Crippen MR) is 53.3 cm³/mol. The van der Waals surface area contributed by atoms with Crippen molar-refractivity contribution in [3.8, 4) is 0 Å². The van der Waals surface area contributed by atoms with Crippen molar-refractivity contribution in [1.82, 2.24) is 15.0 Å². The highest BCUT2D eigenvalue weighted by Gasteiger charge is 2.11. The van der Waals surface area contributed by atoms with E-state index in [1.807, 2.05) is 0 Å². The highest BCUT2D eigenvalue weighted by molar-refractivity contribution is 4.97. The van der Waals surface area contributed by atoms with Crippen molar-refractivity contribution in [2.24, 2.45) is 7.05 Å². The van der Waals surface area contributed by atoms with E-state index in [4.69, 9.17) is 9.47 Å². The van der Waals surface area contributed by atoms with Crippen molar-refractivity contribution in [2.75, 3.05) is 26.9 Å². The first-order chi connectivity index (χ1) is 7.25. The topological polar surface area (TPSA) is 69.4 Å². The van der Waals surface area contributed by atoms with Gasteiger partial charge in [0.25, 0.3) is 0 Å². The van der Waals surface area contributed by atoms with Gasteiger partial charge < -0.3 is 14.6 Å². The Labute approximate surface area is 88.8 Å². The maximum Gasteiger partial charge on any atom is 0.0994 e. The molecule has 0 aliphatic carbocycles. The van der Waals surface area contributed by atoms with E-state index in [1.165, 1.54) is 0 Å². The SMILES string of the molecule is COCCOCCC(O)c1cnnn1C. The van der Waals surface area contributed by atoms with Gasteiger partial charge in [0.1, 0.15) is 0 Å². The number of hydrogen-bond acceptors (Lipinski definition) is 5. The molecule has 1 aromatic rings. The first kappa shape index (κ1) is 12.1. The lowest BCUT2D eigenvalue weighted by Gasteiger charge is -2.10. The predicted octanol–water partition coefficient (Wildman–Crippen LogP) is -0.0984. The summed E-state index contributed by atoms with van der Waals surface area (Å²) in [5.74, 6) is 0. The van der Waals surface area contributed by atoms with Crippen LogP contribution in [0.25, 0.3) is 0 Å². The molecule has 0 radical (unpaired) electrons. The number of aryl methyl sites for hydroxylation is 1. The standard InChI is InChI=1S/C9H17N3O3/c1-12-8(7-10-11-12)9(13)3-4-15-6-5-14-2/h7,9,13H,3-6H2,1-2H3. The molecule has 0 bridgehead atoms. The maximum absolute atomic E-state index is 9.73. The van der Waals surface area contributed by atoms with Gasteiger partial charge >= 0.3 is 0 Å². The Morgan fingerprint density at radius 2 is 2.27 bits per heavy atom. The van der Waals surface area contributed by atoms with E-state index in [1.54, 1.807) is 25.0 Å². The molecule has 0 aliphatic heterocycles. The fourth-order valence-corrected chi connectivity index (χ4v) is 1.19. The third-order valence-electron chi connectivity index (χ3n) is 2.06. The van der Waals surface area contributed by atoms with E-state index < -0.39 is 6.10 Å². The molecule has 15 heavy (non-hydrogen) atoms. The number of hydrogen-bond donors (Lipinski definition) is 1. The molecule has 6 heteroatoms. The second-order valence-electron chi connectivity index (χ2n) is 3.19. The summed E-state index contributed by atoms with van der Waals surface area (Å²) in [6, 6.07) is 0. The van der Waals surface area contributed by atoms with Crippen LogP contribution in [0.5, 0.6) is 0 Å². The molecule has 86 valence electrons. The molecule has 1 heterocycles. The minimum absolute atomic E-state index is 0.496. The van der Waals surface area contributed by atoms with Crippen LogP contribution in [0.3, 0.4) is 0 Å². The Bertz CT molecular complexity index is 277. The molecule has 0 aliphatic rings. The van der Waals surface area contributed by atoms with Crippen LogP contribution in [0.15, 0.2) is 6.20 Å². The minimum Gasteiger partial charge on any atom is -0.387 e. The van der Waals surface area contributed by atoms with Crippen LogP contribution in [-0.4, -0.2) is 47.0 Å².